The van der Waals surface area contributed by atoms with Crippen LogP contribution in [0.1, 0.15) is 32.0 Å². The van der Waals surface area contributed by atoms with Crippen molar-refractivity contribution < 1.29 is 23.7 Å². The molecule has 106 valence electrons. The standard InChI is InChI=1S/C14H10N2O5/c1-8-7-20-15-11(8)6-12(17)21-16-13(18)9-4-2-3-5-10(9)14(16)19/h2-5,7H,6H2,1H3. The largest absolute Gasteiger partial charge is 0.364 e. The minimum atomic E-state index is -0.762. The van der Waals surface area contributed by atoms with Gasteiger partial charge >= 0.3 is 5.97 Å². The third-order valence-electron chi connectivity index (χ3n) is 3.11. The second-order valence-electron chi connectivity index (χ2n) is 4.53. The van der Waals surface area contributed by atoms with Crippen molar-refractivity contribution in [2.24, 2.45) is 0 Å². The number of carbonyl (C=O) groups excluding carboxylic acids is 3. The molecule has 0 spiro atoms. The number of fused-ring (bicyclic) bond motifs is 1. The smallest absolute Gasteiger partial charge is 0.339 e. The quantitative estimate of drug-likeness (QED) is 0.789. The normalized spacial score (nSPS) is 13.5. The number of aryl methyl sites for hydroxylation is 1. The molecular formula is C14H10N2O5. The Hall–Kier alpha value is -2.96. The SMILES string of the molecule is Cc1conc1CC(=O)ON1C(=O)c2ccccc2C1=O. The summed E-state index contributed by atoms with van der Waals surface area (Å²) in [6.45, 7) is 1.72. The van der Waals surface area contributed by atoms with Gasteiger partial charge in [0.25, 0.3) is 11.8 Å². The first-order chi connectivity index (χ1) is 10.1. The summed E-state index contributed by atoms with van der Waals surface area (Å²) in [5.41, 5.74) is 1.52. The van der Waals surface area contributed by atoms with Gasteiger partial charge in [-0.15, -0.1) is 0 Å². The number of carbonyl (C=O) groups is 3. The van der Waals surface area contributed by atoms with Crippen LogP contribution in [0.3, 0.4) is 0 Å². The Bertz CT molecular complexity index is 714. The van der Waals surface area contributed by atoms with E-state index in [0.717, 1.165) is 0 Å². The molecule has 0 unspecified atom stereocenters. The molecule has 2 heterocycles. The number of hydroxylamine groups is 2. The van der Waals surface area contributed by atoms with Crippen molar-refractivity contribution in [1.82, 2.24) is 10.2 Å². The van der Waals surface area contributed by atoms with Gasteiger partial charge in [0.2, 0.25) is 0 Å². The van der Waals surface area contributed by atoms with Crippen LogP contribution in [0, 0.1) is 6.92 Å². The van der Waals surface area contributed by atoms with Crippen LogP contribution in [-0.2, 0) is 16.1 Å². The fourth-order valence-electron chi connectivity index (χ4n) is 2.00. The summed E-state index contributed by atoms with van der Waals surface area (Å²) in [5, 5.41) is 4.12. The molecule has 0 fully saturated rings. The van der Waals surface area contributed by atoms with Gasteiger partial charge in [-0.2, -0.15) is 0 Å². The zero-order chi connectivity index (χ0) is 15.0. The summed E-state index contributed by atoms with van der Waals surface area (Å²) in [7, 11) is 0. The van der Waals surface area contributed by atoms with Gasteiger partial charge in [0.1, 0.15) is 6.26 Å². The van der Waals surface area contributed by atoms with Gasteiger partial charge in [-0.05, 0) is 19.1 Å². The molecule has 21 heavy (non-hydrogen) atoms. The van der Waals surface area contributed by atoms with Crippen molar-refractivity contribution in [3.05, 3.63) is 52.9 Å². The molecule has 1 aromatic heterocycles. The number of nitrogens with zero attached hydrogens (tertiary/aromatic N) is 2. The Labute approximate surface area is 119 Å². The van der Waals surface area contributed by atoms with Crippen LogP contribution in [-0.4, -0.2) is 28.0 Å². The number of amides is 2. The van der Waals surface area contributed by atoms with Gasteiger partial charge in [0.15, 0.2) is 0 Å². The average Bonchev–Trinajstić information content (AvgIpc) is 2.97. The summed E-state index contributed by atoms with van der Waals surface area (Å²) in [6, 6.07) is 6.28. The summed E-state index contributed by atoms with van der Waals surface area (Å²) in [6.07, 6.45) is 1.21. The summed E-state index contributed by atoms with van der Waals surface area (Å²) in [4.78, 5) is 40.7. The second-order valence-corrected chi connectivity index (χ2v) is 4.53. The topological polar surface area (TPSA) is 89.7 Å². The summed E-state index contributed by atoms with van der Waals surface area (Å²) >= 11 is 0. The Kier molecular flexibility index (Phi) is 3.02. The predicted molar refractivity (Wildman–Crippen MR) is 68.0 cm³/mol. The zero-order valence-electron chi connectivity index (χ0n) is 11.0. The molecule has 2 aromatic rings. The van der Waals surface area contributed by atoms with Gasteiger partial charge in [-0.1, -0.05) is 22.4 Å². The van der Waals surface area contributed by atoms with Crippen LogP contribution in [0.4, 0.5) is 0 Å². The Morgan fingerprint density at radius 2 is 1.86 bits per heavy atom. The van der Waals surface area contributed by atoms with Crippen LogP contribution in [0.15, 0.2) is 35.1 Å². The predicted octanol–water partition coefficient (Wildman–Crippen LogP) is 1.28. The highest BCUT2D eigenvalue weighted by Gasteiger charge is 2.38. The maximum Gasteiger partial charge on any atom is 0.339 e. The van der Waals surface area contributed by atoms with E-state index in [1.54, 1.807) is 19.1 Å². The molecule has 0 radical (unpaired) electrons. The highest BCUT2D eigenvalue weighted by molar-refractivity contribution is 6.20. The lowest BCUT2D eigenvalue weighted by atomic mass is 10.1. The first kappa shape index (κ1) is 13.0. The Balaban J connectivity index is 1.75. The maximum atomic E-state index is 12.0. The zero-order valence-corrected chi connectivity index (χ0v) is 11.0. The van der Waals surface area contributed by atoms with Gasteiger partial charge in [0.05, 0.1) is 23.2 Å². The maximum absolute atomic E-state index is 12.0. The molecule has 1 aliphatic heterocycles. The van der Waals surface area contributed by atoms with Crippen molar-refractivity contribution in [1.29, 1.82) is 0 Å². The highest BCUT2D eigenvalue weighted by Crippen LogP contribution is 2.22. The van der Waals surface area contributed by atoms with E-state index in [1.807, 2.05) is 0 Å². The van der Waals surface area contributed by atoms with E-state index in [-0.39, 0.29) is 17.5 Å². The molecule has 0 atom stereocenters. The molecule has 0 aliphatic carbocycles. The van der Waals surface area contributed by atoms with E-state index in [4.69, 9.17) is 9.36 Å². The van der Waals surface area contributed by atoms with Crippen molar-refractivity contribution in [2.45, 2.75) is 13.3 Å². The lowest BCUT2D eigenvalue weighted by Gasteiger charge is -2.12. The third-order valence-corrected chi connectivity index (χ3v) is 3.11. The number of rotatable bonds is 3. The molecule has 1 aliphatic rings. The van der Waals surface area contributed by atoms with Crippen LogP contribution < -0.4 is 0 Å². The lowest BCUT2D eigenvalue weighted by Crippen LogP contribution is -2.33. The van der Waals surface area contributed by atoms with E-state index < -0.39 is 17.8 Å². The van der Waals surface area contributed by atoms with E-state index in [2.05, 4.69) is 5.16 Å². The van der Waals surface area contributed by atoms with Crippen molar-refractivity contribution >= 4 is 17.8 Å². The van der Waals surface area contributed by atoms with Gasteiger partial charge < -0.3 is 9.36 Å². The minimum absolute atomic E-state index is 0.185. The Morgan fingerprint density at radius 3 is 2.38 bits per heavy atom. The number of hydrogen-bond acceptors (Lipinski definition) is 6. The van der Waals surface area contributed by atoms with Crippen LogP contribution in [0.2, 0.25) is 0 Å². The average molecular weight is 286 g/mol. The summed E-state index contributed by atoms with van der Waals surface area (Å²) < 4.78 is 4.70. The number of hydrogen-bond donors (Lipinski definition) is 0. The van der Waals surface area contributed by atoms with Crippen molar-refractivity contribution in [3.8, 4) is 0 Å². The van der Waals surface area contributed by atoms with E-state index in [1.165, 1.54) is 18.4 Å². The molecule has 2 amide bonds. The van der Waals surface area contributed by atoms with E-state index in [9.17, 15) is 14.4 Å². The van der Waals surface area contributed by atoms with Crippen LogP contribution in [0.25, 0.3) is 0 Å². The highest BCUT2D eigenvalue weighted by atomic mass is 16.7. The first-order valence-corrected chi connectivity index (χ1v) is 6.16. The third kappa shape index (κ3) is 2.18. The molecule has 1 aromatic carbocycles. The fraction of sp³-hybridized carbons (Fsp3) is 0.143. The van der Waals surface area contributed by atoms with Gasteiger partial charge in [-0.3, -0.25) is 9.59 Å². The molecule has 0 N–H and O–H groups in total. The molecule has 0 bridgehead atoms. The molecule has 0 saturated carbocycles. The lowest BCUT2D eigenvalue weighted by molar-refractivity contribution is -0.167. The van der Waals surface area contributed by atoms with E-state index in [0.29, 0.717) is 16.3 Å². The molecule has 3 rings (SSSR count). The number of aromatic nitrogens is 1. The Morgan fingerprint density at radius 1 is 1.24 bits per heavy atom. The summed E-state index contributed by atoms with van der Waals surface area (Å²) in [5.74, 6) is -2.07. The van der Waals surface area contributed by atoms with Crippen molar-refractivity contribution in [3.63, 3.8) is 0 Å². The van der Waals surface area contributed by atoms with Gasteiger partial charge in [-0.25, -0.2) is 4.79 Å². The molecular weight excluding hydrogens is 276 g/mol. The number of benzene rings is 1. The number of imide groups is 1. The monoisotopic (exact) mass is 286 g/mol. The minimum Gasteiger partial charge on any atom is -0.364 e. The molecule has 7 nitrogen and oxygen atoms in total. The van der Waals surface area contributed by atoms with Crippen LogP contribution >= 0.6 is 0 Å². The van der Waals surface area contributed by atoms with Crippen molar-refractivity contribution in [2.75, 3.05) is 0 Å². The molecule has 7 heteroatoms. The first-order valence-electron chi connectivity index (χ1n) is 6.16. The van der Waals surface area contributed by atoms with Crippen LogP contribution in [0.5, 0.6) is 0 Å². The van der Waals surface area contributed by atoms with E-state index >= 15 is 0 Å². The molecule has 0 saturated heterocycles. The second kappa shape index (κ2) is 4.86. The fourth-order valence-corrected chi connectivity index (χ4v) is 2.00. The van der Waals surface area contributed by atoms with Gasteiger partial charge in [0, 0.05) is 5.56 Å².